The van der Waals surface area contributed by atoms with E-state index in [2.05, 4.69) is 0 Å². The van der Waals surface area contributed by atoms with Crippen molar-refractivity contribution < 1.29 is 9.53 Å². The van der Waals surface area contributed by atoms with Gasteiger partial charge in [0.05, 0.1) is 6.10 Å². The molecule has 4 heteroatoms. The summed E-state index contributed by atoms with van der Waals surface area (Å²) in [5.74, 6) is 0.705. The number of alkyl halides is 1. The molecule has 0 aliphatic carbocycles. The van der Waals surface area contributed by atoms with Crippen molar-refractivity contribution in [1.82, 2.24) is 4.90 Å². The van der Waals surface area contributed by atoms with Gasteiger partial charge in [-0.2, -0.15) is 0 Å². The van der Waals surface area contributed by atoms with Gasteiger partial charge in [-0.3, -0.25) is 4.79 Å². The molecule has 2 fully saturated rings. The van der Waals surface area contributed by atoms with Crippen molar-refractivity contribution in [3.63, 3.8) is 0 Å². The second kappa shape index (κ2) is 4.71. The van der Waals surface area contributed by atoms with Crippen LogP contribution >= 0.6 is 11.6 Å². The van der Waals surface area contributed by atoms with Gasteiger partial charge in [0, 0.05) is 18.5 Å². The first kappa shape index (κ1) is 11.2. The molecule has 0 saturated carbocycles. The lowest BCUT2D eigenvalue weighted by atomic mass is 10.2. The smallest absolute Gasteiger partial charge is 0.252 e. The number of nitrogens with zero attached hydrogens (tertiary/aromatic N) is 1. The molecule has 3 nitrogen and oxygen atoms in total. The number of hydrogen-bond donors (Lipinski definition) is 0. The maximum absolute atomic E-state index is 12.1. The van der Waals surface area contributed by atoms with E-state index in [4.69, 9.17) is 16.3 Å². The number of halogens is 1. The molecule has 0 aromatic rings. The van der Waals surface area contributed by atoms with Gasteiger partial charge in [-0.25, -0.2) is 0 Å². The molecule has 2 aliphatic rings. The average molecular weight is 232 g/mol. The SMILES string of the molecule is CC1CCC(C(=O)N2CCCC2CCl)O1. The summed E-state index contributed by atoms with van der Waals surface area (Å²) < 4.78 is 5.59. The molecule has 3 unspecified atom stereocenters. The summed E-state index contributed by atoms with van der Waals surface area (Å²) in [4.78, 5) is 14.0. The van der Waals surface area contributed by atoms with Gasteiger partial charge in [0.2, 0.25) is 0 Å². The van der Waals surface area contributed by atoms with Crippen molar-refractivity contribution in [3.05, 3.63) is 0 Å². The fraction of sp³-hybridized carbons (Fsp3) is 0.909. The zero-order valence-corrected chi connectivity index (χ0v) is 9.87. The van der Waals surface area contributed by atoms with Gasteiger partial charge in [0.1, 0.15) is 6.10 Å². The number of likely N-dealkylation sites (tertiary alicyclic amines) is 1. The van der Waals surface area contributed by atoms with Crippen molar-refractivity contribution in [2.45, 2.75) is 50.9 Å². The van der Waals surface area contributed by atoms with Gasteiger partial charge < -0.3 is 9.64 Å². The molecule has 2 rings (SSSR count). The third kappa shape index (κ3) is 2.28. The van der Waals surface area contributed by atoms with Crippen LogP contribution in [0.15, 0.2) is 0 Å². The van der Waals surface area contributed by atoms with Crippen molar-refractivity contribution >= 4 is 17.5 Å². The van der Waals surface area contributed by atoms with Crippen LogP contribution in [0.25, 0.3) is 0 Å². The molecule has 0 aromatic carbocycles. The molecule has 0 radical (unpaired) electrons. The number of carbonyl (C=O) groups excluding carboxylic acids is 1. The van der Waals surface area contributed by atoms with Crippen molar-refractivity contribution in [3.8, 4) is 0 Å². The second-order valence-electron chi connectivity index (χ2n) is 4.49. The van der Waals surface area contributed by atoms with Crippen molar-refractivity contribution in [2.75, 3.05) is 12.4 Å². The summed E-state index contributed by atoms with van der Waals surface area (Å²) in [6.07, 6.45) is 4.00. The van der Waals surface area contributed by atoms with Crippen LogP contribution in [0.1, 0.15) is 32.6 Å². The lowest BCUT2D eigenvalue weighted by Crippen LogP contribution is -2.42. The Morgan fingerprint density at radius 1 is 1.47 bits per heavy atom. The summed E-state index contributed by atoms with van der Waals surface area (Å²) in [5.41, 5.74) is 0. The van der Waals surface area contributed by atoms with Gasteiger partial charge in [0.25, 0.3) is 5.91 Å². The van der Waals surface area contributed by atoms with E-state index in [-0.39, 0.29) is 24.2 Å². The highest BCUT2D eigenvalue weighted by Crippen LogP contribution is 2.25. The van der Waals surface area contributed by atoms with E-state index < -0.39 is 0 Å². The van der Waals surface area contributed by atoms with Crippen LogP contribution in [0, 0.1) is 0 Å². The fourth-order valence-electron chi connectivity index (χ4n) is 2.46. The van der Waals surface area contributed by atoms with E-state index in [0.29, 0.717) is 5.88 Å². The van der Waals surface area contributed by atoms with Gasteiger partial charge in [-0.15, -0.1) is 11.6 Å². The highest BCUT2D eigenvalue weighted by atomic mass is 35.5. The quantitative estimate of drug-likeness (QED) is 0.679. The number of carbonyl (C=O) groups is 1. The van der Waals surface area contributed by atoms with Crippen LogP contribution in [0.3, 0.4) is 0 Å². The average Bonchev–Trinajstić information content (AvgIpc) is 2.84. The molecule has 0 bridgehead atoms. The third-order valence-corrected chi connectivity index (χ3v) is 3.70. The Morgan fingerprint density at radius 2 is 2.27 bits per heavy atom. The first-order valence-electron chi connectivity index (χ1n) is 5.74. The Bertz CT molecular complexity index is 247. The van der Waals surface area contributed by atoms with Crippen molar-refractivity contribution in [1.29, 1.82) is 0 Å². The Hall–Kier alpha value is -0.280. The topological polar surface area (TPSA) is 29.5 Å². The molecule has 2 saturated heterocycles. The van der Waals surface area contributed by atoms with Gasteiger partial charge in [-0.1, -0.05) is 0 Å². The largest absolute Gasteiger partial charge is 0.365 e. The number of rotatable bonds is 2. The normalized spacial score (nSPS) is 36.1. The molecule has 2 heterocycles. The van der Waals surface area contributed by atoms with Gasteiger partial charge in [0.15, 0.2) is 0 Å². The molecule has 0 N–H and O–H groups in total. The van der Waals surface area contributed by atoms with Gasteiger partial charge in [-0.05, 0) is 32.6 Å². The third-order valence-electron chi connectivity index (χ3n) is 3.35. The molecule has 15 heavy (non-hydrogen) atoms. The molecule has 0 aromatic heterocycles. The minimum absolute atomic E-state index is 0.155. The van der Waals surface area contributed by atoms with E-state index in [9.17, 15) is 4.79 Å². The standard InChI is InChI=1S/C11H18ClNO2/c1-8-4-5-10(15-8)11(14)13-6-2-3-9(13)7-12/h8-10H,2-7H2,1H3. The molecular formula is C11H18ClNO2. The minimum Gasteiger partial charge on any atom is -0.365 e. The Kier molecular flexibility index (Phi) is 3.52. The van der Waals surface area contributed by atoms with Crippen LogP contribution in [-0.4, -0.2) is 41.5 Å². The minimum atomic E-state index is -0.205. The van der Waals surface area contributed by atoms with E-state index >= 15 is 0 Å². The lowest BCUT2D eigenvalue weighted by molar-refractivity contribution is -0.143. The van der Waals surface area contributed by atoms with Crippen LogP contribution in [0.5, 0.6) is 0 Å². The summed E-state index contributed by atoms with van der Waals surface area (Å²) in [6, 6.07) is 0.235. The second-order valence-corrected chi connectivity index (χ2v) is 4.80. The fourth-order valence-corrected chi connectivity index (χ4v) is 2.78. The van der Waals surface area contributed by atoms with E-state index in [0.717, 1.165) is 32.2 Å². The number of ether oxygens (including phenoxy) is 1. The summed E-state index contributed by atoms with van der Waals surface area (Å²) in [6.45, 7) is 2.88. The Balaban J connectivity index is 1.95. The highest BCUT2D eigenvalue weighted by molar-refractivity contribution is 6.18. The lowest BCUT2D eigenvalue weighted by Gasteiger charge is -2.25. The predicted octanol–water partition coefficient (Wildman–Crippen LogP) is 1.78. The molecule has 0 spiro atoms. The molecule has 1 amide bonds. The first-order valence-corrected chi connectivity index (χ1v) is 6.27. The zero-order valence-electron chi connectivity index (χ0n) is 9.12. The first-order chi connectivity index (χ1) is 7.22. The highest BCUT2D eigenvalue weighted by Gasteiger charge is 2.36. The Labute approximate surface area is 95.7 Å². The monoisotopic (exact) mass is 231 g/mol. The maximum atomic E-state index is 12.1. The molecular weight excluding hydrogens is 214 g/mol. The van der Waals surface area contributed by atoms with Crippen LogP contribution in [0.4, 0.5) is 0 Å². The maximum Gasteiger partial charge on any atom is 0.252 e. The molecule has 3 atom stereocenters. The summed E-state index contributed by atoms with van der Waals surface area (Å²) in [5, 5.41) is 0. The molecule has 2 aliphatic heterocycles. The zero-order chi connectivity index (χ0) is 10.8. The van der Waals surface area contributed by atoms with Crippen LogP contribution in [-0.2, 0) is 9.53 Å². The summed E-state index contributed by atoms with van der Waals surface area (Å²) >= 11 is 5.85. The van der Waals surface area contributed by atoms with E-state index in [1.807, 2.05) is 11.8 Å². The van der Waals surface area contributed by atoms with Crippen LogP contribution < -0.4 is 0 Å². The number of amides is 1. The Morgan fingerprint density at radius 3 is 2.87 bits per heavy atom. The van der Waals surface area contributed by atoms with E-state index in [1.165, 1.54) is 0 Å². The van der Waals surface area contributed by atoms with Gasteiger partial charge >= 0.3 is 0 Å². The van der Waals surface area contributed by atoms with Crippen LogP contribution in [0.2, 0.25) is 0 Å². The molecule has 86 valence electrons. The predicted molar refractivity (Wildman–Crippen MR) is 59.0 cm³/mol. The van der Waals surface area contributed by atoms with E-state index in [1.54, 1.807) is 0 Å². The summed E-state index contributed by atoms with van der Waals surface area (Å²) in [7, 11) is 0. The number of hydrogen-bond acceptors (Lipinski definition) is 2. The van der Waals surface area contributed by atoms with Crippen molar-refractivity contribution in [2.24, 2.45) is 0 Å².